The molecule has 0 radical (unpaired) electrons. The smallest absolute Gasteiger partial charge is 0.105 e. The summed E-state index contributed by atoms with van der Waals surface area (Å²) in [7, 11) is 0. The fraction of sp³-hybridized carbons (Fsp3) is 1.00. The Balaban J connectivity index is 2.16. The summed E-state index contributed by atoms with van der Waals surface area (Å²) in [6.45, 7) is 0. The van der Waals surface area contributed by atoms with Gasteiger partial charge in [-0.2, -0.15) is 0 Å². The number of hydrogen-bond acceptors (Lipinski definition) is 0. The molecule has 0 heterocycles. The lowest BCUT2D eigenvalue weighted by molar-refractivity contribution is 0.231. The van der Waals surface area contributed by atoms with Gasteiger partial charge in [0.15, 0.2) is 0 Å². The molecule has 4 atom stereocenters. The summed E-state index contributed by atoms with van der Waals surface area (Å²) in [4.78, 5) is 0. The predicted molar refractivity (Wildman–Crippen MR) is 35.4 cm³/mol. The Morgan fingerprint density at radius 1 is 1.33 bits per heavy atom. The van der Waals surface area contributed by atoms with E-state index in [1.54, 1.807) is 0 Å². The van der Waals surface area contributed by atoms with Crippen LogP contribution in [0.15, 0.2) is 0 Å². The molecule has 2 aliphatic carbocycles. The van der Waals surface area contributed by atoms with E-state index < -0.39 is 6.17 Å². The first-order valence-electron chi connectivity index (χ1n) is 3.57. The molecule has 0 amide bonds. The highest BCUT2D eigenvalue weighted by molar-refractivity contribution is 6.21. The van der Waals surface area contributed by atoms with Crippen LogP contribution in [0.4, 0.5) is 4.39 Å². The molecule has 0 aromatic rings. The van der Waals surface area contributed by atoms with E-state index in [0.29, 0.717) is 5.92 Å². The van der Waals surface area contributed by atoms with Crippen molar-refractivity contribution in [3.63, 3.8) is 0 Å². The molecular formula is C7H10ClF. The Kier molecular flexibility index (Phi) is 1.23. The van der Waals surface area contributed by atoms with Crippen LogP contribution in [-0.2, 0) is 0 Å². The molecule has 0 spiro atoms. The van der Waals surface area contributed by atoms with Gasteiger partial charge in [0.25, 0.3) is 0 Å². The number of fused-ring (bicyclic) bond motifs is 2. The van der Waals surface area contributed by atoms with Crippen molar-refractivity contribution in [2.24, 2.45) is 11.8 Å². The molecule has 0 N–H and O–H groups in total. The molecule has 2 bridgehead atoms. The number of halogens is 2. The lowest BCUT2D eigenvalue weighted by atomic mass is 9.99. The molecule has 2 fully saturated rings. The maximum absolute atomic E-state index is 12.8. The van der Waals surface area contributed by atoms with Gasteiger partial charge in [-0.1, -0.05) is 0 Å². The third-order valence-corrected chi connectivity index (χ3v) is 3.40. The van der Waals surface area contributed by atoms with Crippen LogP contribution in [0.2, 0.25) is 0 Å². The highest BCUT2D eigenvalue weighted by Crippen LogP contribution is 2.48. The van der Waals surface area contributed by atoms with Crippen LogP contribution in [0.1, 0.15) is 19.3 Å². The van der Waals surface area contributed by atoms with Crippen LogP contribution in [0.25, 0.3) is 0 Å². The van der Waals surface area contributed by atoms with Crippen molar-refractivity contribution in [2.45, 2.75) is 30.8 Å². The predicted octanol–water partition coefficient (Wildman–Crippen LogP) is 2.36. The summed E-state index contributed by atoms with van der Waals surface area (Å²) in [6, 6.07) is 0. The normalized spacial score (nSPS) is 56.7. The molecule has 0 nitrogen and oxygen atoms in total. The molecule has 2 rings (SSSR count). The molecular weight excluding hydrogens is 139 g/mol. The van der Waals surface area contributed by atoms with Gasteiger partial charge >= 0.3 is 0 Å². The zero-order valence-corrected chi connectivity index (χ0v) is 5.94. The third kappa shape index (κ3) is 0.706. The first kappa shape index (κ1) is 5.96. The molecule has 2 heteroatoms. The molecule has 0 saturated heterocycles. The molecule has 1 unspecified atom stereocenters. The summed E-state index contributed by atoms with van der Waals surface area (Å²) in [5, 5.41) is 0.167. The molecule has 0 aromatic heterocycles. The van der Waals surface area contributed by atoms with Gasteiger partial charge in [0, 0.05) is 11.3 Å². The van der Waals surface area contributed by atoms with E-state index in [-0.39, 0.29) is 11.3 Å². The van der Waals surface area contributed by atoms with Crippen LogP contribution in [0.5, 0.6) is 0 Å². The van der Waals surface area contributed by atoms with Crippen molar-refractivity contribution in [3.8, 4) is 0 Å². The Labute approximate surface area is 59.4 Å². The minimum absolute atomic E-state index is 0.167. The van der Waals surface area contributed by atoms with E-state index in [1.165, 1.54) is 6.42 Å². The highest BCUT2D eigenvalue weighted by atomic mass is 35.5. The second-order valence-corrected chi connectivity index (χ2v) is 3.70. The average Bonchev–Trinajstić information content (AvgIpc) is 2.25. The lowest BCUT2D eigenvalue weighted by Gasteiger charge is -2.11. The second kappa shape index (κ2) is 1.85. The molecule has 2 aliphatic rings. The zero-order chi connectivity index (χ0) is 6.43. The molecule has 52 valence electrons. The standard InChI is InChI=1S/C7H10ClF/c8-7-4-1-2-5(7)6(9)3-4/h4-7H,1-3H2/t4-,5+,6-,7?/m0/s1. The van der Waals surface area contributed by atoms with E-state index in [2.05, 4.69) is 0 Å². The van der Waals surface area contributed by atoms with Gasteiger partial charge < -0.3 is 0 Å². The molecule has 9 heavy (non-hydrogen) atoms. The van der Waals surface area contributed by atoms with Crippen molar-refractivity contribution in [2.75, 3.05) is 0 Å². The van der Waals surface area contributed by atoms with Gasteiger partial charge in [0.05, 0.1) is 0 Å². The number of rotatable bonds is 0. The van der Waals surface area contributed by atoms with Gasteiger partial charge in [0.1, 0.15) is 6.17 Å². The quantitative estimate of drug-likeness (QED) is 0.463. The minimum atomic E-state index is -0.578. The Hall–Kier alpha value is 0.220. The maximum Gasteiger partial charge on any atom is 0.105 e. The summed E-state index contributed by atoms with van der Waals surface area (Å²) in [6.07, 6.45) is 2.35. The SMILES string of the molecule is F[C@H]1C[C@@H]2CC[C@H]1C2Cl. The van der Waals surface area contributed by atoms with Crippen LogP contribution in [0, 0.1) is 11.8 Å². The lowest BCUT2D eigenvalue weighted by Crippen LogP contribution is -2.12. The second-order valence-electron chi connectivity index (χ2n) is 3.20. The van der Waals surface area contributed by atoms with Gasteiger partial charge in [0.2, 0.25) is 0 Å². The van der Waals surface area contributed by atoms with E-state index in [1.807, 2.05) is 0 Å². The summed E-state index contributed by atoms with van der Waals surface area (Å²) in [5.74, 6) is 0.711. The van der Waals surface area contributed by atoms with Gasteiger partial charge in [-0.15, -0.1) is 11.6 Å². The van der Waals surface area contributed by atoms with E-state index >= 15 is 0 Å². The first-order valence-corrected chi connectivity index (χ1v) is 4.01. The Morgan fingerprint density at radius 2 is 2.11 bits per heavy atom. The Bertz CT molecular complexity index is 126. The van der Waals surface area contributed by atoms with Crippen LogP contribution >= 0.6 is 11.6 Å². The molecule has 0 aliphatic heterocycles. The summed E-state index contributed by atoms with van der Waals surface area (Å²) in [5.41, 5.74) is 0. The van der Waals surface area contributed by atoms with Crippen molar-refractivity contribution >= 4 is 11.6 Å². The summed E-state index contributed by atoms with van der Waals surface area (Å²) < 4.78 is 12.8. The topological polar surface area (TPSA) is 0 Å². The zero-order valence-electron chi connectivity index (χ0n) is 5.19. The van der Waals surface area contributed by atoms with Crippen molar-refractivity contribution in [1.29, 1.82) is 0 Å². The molecule has 2 saturated carbocycles. The van der Waals surface area contributed by atoms with Crippen LogP contribution in [0.3, 0.4) is 0 Å². The minimum Gasteiger partial charge on any atom is -0.247 e. The van der Waals surface area contributed by atoms with E-state index in [9.17, 15) is 4.39 Å². The van der Waals surface area contributed by atoms with E-state index in [0.717, 1.165) is 12.8 Å². The van der Waals surface area contributed by atoms with Crippen LogP contribution in [-0.4, -0.2) is 11.5 Å². The van der Waals surface area contributed by atoms with Gasteiger partial charge in [-0.25, -0.2) is 4.39 Å². The monoisotopic (exact) mass is 148 g/mol. The molecule has 0 aromatic carbocycles. The average molecular weight is 149 g/mol. The maximum atomic E-state index is 12.8. The van der Waals surface area contributed by atoms with Crippen molar-refractivity contribution in [3.05, 3.63) is 0 Å². The van der Waals surface area contributed by atoms with E-state index in [4.69, 9.17) is 11.6 Å². The van der Waals surface area contributed by atoms with Crippen molar-refractivity contribution in [1.82, 2.24) is 0 Å². The number of hydrogen-bond donors (Lipinski definition) is 0. The fourth-order valence-corrected chi connectivity index (χ4v) is 2.68. The van der Waals surface area contributed by atoms with Gasteiger partial charge in [-0.3, -0.25) is 0 Å². The first-order chi connectivity index (χ1) is 4.29. The highest BCUT2D eigenvalue weighted by Gasteiger charge is 2.47. The Morgan fingerprint density at radius 3 is 2.33 bits per heavy atom. The fourth-order valence-electron chi connectivity index (χ4n) is 2.17. The number of alkyl halides is 2. The van der Waals surface area contributed by atoms with Crippen LogP contribution < -0.4 is 0 Å². The van der Waals surface area contributed by atoms with Gasteiger partial charge in [-0.05, 0) is 25.2 Å². The van der Waals surface area contributed by atoms with Crippen molar-refractivity contribution < 1.29 is 4.39 Å². The largest absolute Gasteiger partial charge is 0.247 e. The summed E-state index contributed by atoms with van der Waals surface area (Å²) >= 11 is 5.93. The third-order valence-electron chi connectivity index (χ3n) is 2.72.